The zero-order chi connectivity index (χ0) is 14.3. The molecule has 0 bridgehead atoms. The second-order valence-corrected chi connectivity index (χ2v) is 3.80. The summed E-state index contributed by atoms with van der Waals surface area (Å²) >= 11 is 6.02. The smallest absolute Gasteiger partial charge is 0.344 e. The maximum Gasteiger partial charge on any atom is 0.344 e. The van der Waals surface area contributed by atoms with E-state index in [0.29, 0.717) is 28.7 Å². The lowest BCUT2D eigenvalue weighted by atomic mass is 10.2. The average Bonchev–Trinajstić information content (AvgIpc) is 2.39. The minimum atomic E-state index is -0.465. The molecule has 0 saturated carbocycles. The Morgan fingerprint density at radius 2 is 2.21 bits per heavy atom. The first-order valence-corrected chi connectivity index (χ1v) is 5.89. The number of carbonyl (C=O) groups excluding carboxylic acids is 1. The van der Waals surface area contributed by atoms with Crippen molar-refractivity contribution in [2.45, 2.75) is 6.92 Å². The number of methoxy groups -OCH3 is 1. The first kappa shape index (κ1) is 15.1. The molecule has 0 aromatic heterocycles. The summed E-state index contributed by atoms with van der Waals surface area (Å²) in [6, 6.07) is 3.13. The van der Waals surface area contributed by atoms with Crippen LogP contribution in [0.1, 0.15) is 12.5 Å². The highest BCUT2D eigenvalue weighted by Gasteiger charge is 2.11. The molecule has 0 unspecified atom stereocenters. The lowest BCUT2D eigenvalue weighted by Gasteiger charge is -2.11. The summed E-state index contributed by atoms with van der Waals surface area (Å²) in [5, 5.41) is 3.77. The van der Waals surface area contributed by atoms with E-state index in [-0.39, 0.29) is 6.61 Å². The Morgan fingerprint density at radius 1 is 1.47 bits per heavy atom. The molecule has 6 nitrogen and oxygen atoms in total. The number of carbonyl (C=O) groups is 1. The number of hydrazone groups is 1. The third-order valence-electron chi connectivity index (χ3n) is 2.15. The van der Waals surface area contributed by atoms with Gasteiger partial charge in [0.15, 0.2) is 18.1 Å². The predicted molar refractivity (Wildman–Crippen MR) is 71.9 cm³/mol. The van der Waals surface area contributed by atoms with E-state index >= 15 is 0 Å². The molecule has 0 heterocycles. The van der Waals surface area contributed by atoms with Crippen molar-refractivity contribution >= 4 is 23.8 Å². The van der Waals surface area contributed by atoms with Crippen LogP contribution in [0.3, 0.4) is 0 Å². The van der Waals surface area contributed by atoms with Crippen LogP contribution in [0.15, 0.2) is 17.2 Å². The zero-order valence-corrected chi connectivity index (χ0v) is 11.4. The van der Waals surface area contributed by atoms with Crippen LogP contribution in [-0.2, 0) is 9.53 Å². The zero-order valence-electron chi connectivity index (χ0n) is 10.7. The van der Waals surface area contributed by atoms with Gasteiger partial charge in [0, 0.05) is 11.6 Å². The van der Waals surface area contributed by atoms with E-state index in [1.54, 1.807) is 13.0 Å². The summed E-state index contributed by atoms with van der Waals surface area (Å²) in [7, 11) is 1.48. The van der Waals surface area contributed by atoms with Gasteiger partial charge in [-0.05, 0) is 13.0 Å². The van der Waals surface area contributed by atoms with E-state index in [4.69, 9.17) is 31.7 Å². The van der Waals surface area contributed by atoms with E-state index in [1.807, 2.05) is 0 Å². The van der Waals surface area contributed by atoms with Gasteiger partial charge < -0.3 is 20.1 Å². The highest BCUT2D eigenvalue weighted by atomic mass is 35.5. The molecular formula is C12H15ClN2O4. The Labute approximate surface area is 116 Å². The quantitative estimate of drug-likeness (QED) is 0.371. The van der Waals surface area contributed by atoms with Crippen molar-refractivity contribution in [1.29, 1.82) is 0 Å². The van der Waals surface area contributed by atoms with Crippen LogP contribution in [-0.4, -0.2) is 32.5 Å². The molecule has 0 radical (unpaired) electrons. The van der Waals surface area contributed by atoms with Gasteiger partial charge in [-0.2, -0.15) is 5.10 Å². The van der Waals surface area contributed by atoms with E-state index in [9.17, 15) is 4.79 Å². The number of ether oxygens (including phenoxy) is 3. The number of hydrogen-bond donors (Lipinski definition) is 1. The second-order valence-electron chi connectivity index (χ2n) is 3.40. The molecule has 7 heteroatoms. The molecule has 0 spiro atoms. The number of hydrogen-bond acceptors (Lipinski definition) is 6. The highest BCUT2D eigenvalue weighted by molar-refractivity contribution is 6.33. The van der Waals surface area contributed by atoms with Crippen LogP contribution in [0.5, 0.6) is 11.5 Å². The lowest BCUT2D eigenvalue weighted by Crippen LogP contribution is -2.15. The Morgan fingerprint density at radius 3 is 2.79 bits per heavy atom. The summed E-state index contributed by atoms with van der Waals surface area (Å²) < 4.78 is 15.2. The molecule has 19 heavy (non-hydrogen) atoms. The Kier molecular flexibility index (Phi) is 5.95. The van der Waals surface area contributed by atoms with Gasteiger partial charge in [0.05, 0.1) is 25.0 Å². The van der Waals surface area contributed by atoms with Gasteiger partial charge in [0.1, 0.15) is 0 Å². The van der Waals surface area contributed by atoms with Gasteiger partial charge >= 0.3 is 5.97 Å². The monoisotopic (exact) mass is 286 g/mol. The minimum Gasteiger partial charge on any atom is -0.493 e. The number of esters is 1. The topological polar surface area (TPSA) is 83.1 Å². The largest absolute Gasteiger partial charge is 0.493 e. The van der Waals surface area contributed by atoms with Crippen LogP contribution in [0.25, 0.3) is 0 Å². The van der Waals surface area contributed by atoms with Gasteiger partial charge in [-0.15, -0.1) is 0 Å². The number of halogens is 1. The molecule has 0 aliphatic rings. The van der Waals surface area contributed by atoms with Crippen molar-refractivity contribution in [2.75, 3.05) is 20.3 Å². The van der Waals surface area contributed by atoms with E-state index in [0.717, 1.165) is 0 Å². The van der Waals surface area contributed by atoms with Gasteiger partial charge in [-0.25, -0.2) is 4.79 Å². The van der Waals surface area contributed by atoms with Gasteiger partial charge in [-0.3, -0.25) is 0 Å². The summed E-state index contributed by atoms with van der Waals surface area (Å²) in [4.78, 5) is 11.2. The standard InChI is InChI=1S/C12H15ClN2O4/c1-3-18-12(16)7-19-11-5-9(13)8(6-15-14)4-10(11)17-2/h4-6H,3,7,14H2,1-2H3. The average molecular weight is 287 g/mol. The fourth-order valence-corrected chi connectivity index (χ4v) is 1.54. The maximum absolute atomic E-state index is 11.2. The third kappa shape index (κ3) is 4.33. The highest BCUT2D eigenvalue weighted by Crippen LogP contribution is 2.32. The summed E-state index contributed by atoms with van der Waals surface area (Å²) in [6.45, 7) is 1.80. The van der Waals surface area contributed by atoms with E-state index in [1.165, 1.54) is 19.4 Å². The molecule has 0 aliphatic heterocycles. The molecular weight excluding hydrogens is 272 g/mol. The van der Waals surface area contributed by atoms with Crippen molar-refractivity contribution in [3.05, 3.63) is 22.7 Å². The molecule has 0 aliphatic carbocycles. The predicted octanol–water partition coefficient (Wildman–Crippen LogP) is 1.58. The van der Waals surface area contributed by atoms with Crippen LogP contribution in [0.2, 0.25) is 5.02 Å². The fraction of sp³-hybridized carbons (Fsp3) is 0.333. The normalized spacial score (nSPS) is 10.5. The van der Waals surface area contributed by atoms with Crippen molar-refractivity contribution < 1.29 is 19.0 Å². The lowest BCUT2D eigenvalue weighted by molar-refractivity contribution is -0.145. The molecule has 1 rings (SSSR count). The van der Waals surface area contributed by atoms with E-state index in [2.05, 4.69) is 5.10 Å². The first-order valence-electron chi connectivity index (χ1n) is 5.51. The van der Waals surface area contributed by atoms with Crippen LogP contribution in [0, 0.1) is 0 Å². The summed E-state index contributed by atoms with van der Waals surface area (Å²) in [6.07, 6.45) is 1.39. The maximum atomic E-state index is 11.2. The second kappa shape index (κ2) is 7.48. The van der Waals surface area contributed by atoms with Gasteiger partial charge in [-0.1, -0.05) is 11.6 Å². The minimum absolute atomic E-state index is 0.217. The van der Waals surface area contributed by atoms with Gasteiger partial charge in [0.2, 0.25) is 0 Å². The SMILES string of the molecule is CCOC(=O)COc1cc(Cl)c(C=NN)cc1OC. The van der Waals surface area contributed by atoms with E-state index < -0.39 is 5.97 Å². The molecule has 2 N–H and O–H groups in total. The molecule has 0 saturated heterocycles. The number of nitrogens with zero attached hydrogens (tertiary/aromatic N) is 1. The van der Waals surface area contributed by atoms with Gasteiger partial charge in [0.25, 0.3) is 0 Å². The molecule has 104 valence electrons. The number of rotatable bonds is 6. The van der Waals surface area contributed by atoms with Crippen LogP contribution < -0.4 is 15.3 Å². The Bertz CT molecular complexity index is 477. The molecule has 0 atom stereocenters. The first-order chi connectivity index (χ1) is 9.12. The summed E-state index contributed by atoms with van der Waals surface area (Å²) in [5.74, 6) is 5.37. The van der Waals surface area contributed by atoms with Crippen molar-refractivity contribution in [2.24, 2.45) is 10.9 Å². The Hall–Kier alpha value is -1.95. The van der Waals surface area contributed by atoms with Crippen LogP contribution in [0.4, 0.5) is 0 Å². The molecule has 1 aromatic rings. The molecule has 0 fully saturated rings. The van der Waals surface area contributed by atoms with Crippen molar-refractivity contribution in [1.82, 2.24) is 0 Å². The number of nitrogens with two attached hydrogens (primary N) is 1. The third-order valence-corrected chi connectivity index (χ3v) is 2.47. The van der Waals surface area contributed by atoms with Crippen molar-refractivity contribution in [3.8, 4) is 11.5 Å². The molecule has 1 aromatic carbocycles. The van der Waals surface area contributed by atoms with Crippen LogP contribution >= 0.6 is 11.6 Å². The fourth-order valence-electron chi connectivity index (χ4n) is 1.34. The molecule has 0 amide bonds. The van der Waals surface area contributed by atoms with Crippen molar-refractivity contribution in [3.63, 3.8) is 0 Å². The summed E-state index contributed by atoms with van der Waals surface area (Å²) in [5.41, 5.74) is 0.588. The number of benzene rings is 1. The Balaban J connectivity index is 2.88.